The number of piperazine rings is 1. The Bertz CT molecular complexity index is 1620. The predicted molar refractivity (Wildman–Crippen MR) is 189 cm³/mol. The van der Waals surface area contributed by atoms with Crippen molar-refractivity contribution in [2.75, 3.05) is 95.3 Å². The highest BCUT2D eigenvalue weighted by Crippen LogP contribution is 2.35. The molecule has 0 unspecified atom stereocenters. The number of aromatic nitrogens is 2. The standard InChI is InChI=1S/C36H48N8O6/c37-10-8-29-22-43(13-14-44(29)36(45)46)34-31-9-12-42(33-7-3-5-27-4-1-2-6-30(27)33)23-32(31)40-35(41-34)50-25-28-20-26(21-39-28)24-49-19-18-48-17-16-47-15-11-38/h1-7,26,28-29,39H,8-9,11-25,38H2,(H,45,46)/t26-,28+,29+/m1/s1. The van der Waals surface area contributed by atoms with Gasteiger partial charge in [-0.3, -0.25) is 0 Å². The number of nitrogens with zero attached hydrogens (tertiary/aromatic N) is 6. The smallest absolute Gasteiger partial charge is 0.407 e. The Kier molecular flexibility index (Phi) is 12.5. The molecule has 0 saturated carbocycles. The predicted octanol–water partition coefficient (Wildman–Crippen LogP) is 2.64. The van der Waals surface area contributed by atoms with E-state index in [1.807, 2.05) is 0 Å². The normalized spacial score (nSPS) is 20.6. The van der Waals surface area contributed by atoms with Gasteiger partial charge in [-0.1, -0.05) is 36.4 Å². The van der Waals surface area contributed by atoms with Crippen molar-refractivity contribution in [1.29, 1.82) is 5.26 Å². The SMILES string of the molecule is N#CC[C@H]1CN(c2nc(OC[C@@H]3C[C@@H](COCCOCCOCCN)CN3)nc3c2CCN(c2cccc4ccccc24)C3)CCN1C(=O)O. The number of carbonyl (C=O) groups is 1. The molecule has 0 spiro atoms. The second-order valence-electron chi connectivity index (χ2n) is 13.0. The number of nitrogens with one attached hydrogen (secondary N) is 1. The number of nitriles is 1. The summed E-state index contributed by atoms with van der Waals surface area (Å²) in [4.78, 5) is 27.7. The van der Waals surface area contributed by atoms with Crippen LogP contribution in [0, 0.1) is 17.2 Å². The highest BCUT2D eigenvalue weighted by molar-refractivity contribution is 5.94. The zero-order valence-electron chi connectivity index (χ0n) is 28.5. The van der Waals surface area contributed by atoms with Crippen molar-refractivity contribution in [1.82, 2.24) is 20.2 Å². The van der Waals surface area contributed by atoms with Crippen LogP contribution in [0.1, 0.15) is 24.1 Å². The molecule has 1 aromatic heterocycles. The zero-order valence-corrected chi connectivity index (χ0v) is 28.5. The summed E-state index contributed by atoms with van der Waals surface area (Å²) in [6.45, 7) is 7.61. The largest absolute Gasteiger partial charge is 0.465 e. The minimum Gasteiger partial charge on any atom is -0.465 e. The highest BCUT2D eigenvalue weighted by Gasteiger charge is 2.34. The third-order valence-electron chi connectivity index (χ3n) is 9.57. The van der Waals surface area contributed by atoms with Gasteiger partial charge in [0, 0.05) is 61.9 Å². The van der Waals surface area contributed by atoms with E-state index in [-0.39, 0.29) is 12.5 Å². The zero-order chi connectivity index (χ0) is 34.7. The second kappa shape index (κ2) is 17.6. The van der Waals surface area contributed by atoms with Gasteiger partial charge in [0.15, 0.2) is 0 Å². The van der Waals surface area contributed by atoms with E-state index < -0.39 is 12.1 Å². The quantitative estimate of drug-likeness (QED) is 0.188. The van der Waals surface area contributed by atoms with Crippen LogP contribution in [0.5, 0.6) is 6.01 Å². The van der Waals surface area contributed by atoms with Crippen LogP contribution in [-0.2, 0) is 27.2 Å². The summed E-state index contributed by atoms with van der Waals surface area (Å²) in [5, 5.41) is 25.2. The fourth-order valence-electron chi connectivity index (χ4n) is 7.09. The number of carboxylic acid groups (broad SMARTS) is 1. The minimum atomic E-state index is -1.00. The van der Waals surface area contributed by atoms with Crippen molar-refractivity contribution in [3.8, 4) is 12.1 Å². The lowest BCUT2D eigenvalue weighted by molar-refractivity contribution is 0.00955. The molecule has 0 aliphatic carbocycles. The monoisotopic (exact) mass is 688 g/mol. The van der Waals surface area contributed by atoms with Crippen LogP contribution in [0.15, 0.2) is 42.5 Å². The summed E-state index contributed by atoms with van der Waals surface area (Å²) >= 11 is 0. The Morgan fingerprint density at radius 1 is 0.980 bits per heavy atom. The fraction of sp³-hybridized carbons (Fsp3) is 0.556. The average molecular weight is 689 g/mol. The summed E-state index contributed by atoms with van der Waals surface area (Å²) in [6.07, 6.45) is 0.751. The highest BCUT2D eigenvalue weighted by atomic mass is 16.5. The van der Waals surface area contributed by atoms with Crippen LogP contribution >= 0.6 is 0 Å². The number of anilines is 2. The molecule has 14 nitrogen and oxygen atoms in total. The average Bonchev–Trinajstić information content (AvgIpc) is 3.60. The first-order chi connectivity index (χ1) is 24.5. The Balaban J connectivity index is 1.12. The Labute approximate surface area is 293 Å². The van der Waals surface area contributed by atoms with Crippen molar-refractivity contribution in [2.24, 2.45) is 11.7 Å². The van der Waals surface area contributed by atoms with Crippen molar-refractivity contribution in [3.05, 3.63) is 53.7 Å². The van der Waals surface area contributed by atoms with Crippen molar-refractivity contribution >= 4 is 28.4 Å². The van der Waals surface area contributed by atoms with E-state index in [4.69, 9.17) is 34.6 Å². The van der Waals surface area contributed by atoms with Crippen LogP contribution in [0.2, 0.25) is 0 Å². The molecule has 2 saturated heterocycles. The van der Waals surface area contributed by atoms with Gasteiger partial charge in [0.25, 0.3) is 0 Å². The van der Waals surface area contributed by atoms with Crippen LogP contribution in [0.3, 0.4) is 0 Å². The molecular formula is C36H48N8O6. The van der Waals surface area contributed by atoms with E-state index in [1.54, 1.807) is 0 Å². The van der Waals surface area contributed by atoms with Gasteiger partial charge in [0.05, 0.1) is 70.4 Å². The van der Waals surface area contributed by atoms with Crippen LogP contribution in [-0.4, -0.2) is 124 Å². The first kappa shape index (κ1) is 35.6. The second-order valence-corrected chi connectivity index (χ2v) is 13.0. The molecule has 6 rings (SSSR count). The molecule has 0 bridgehead atoms. The molecule has 3 atom stereocenters. The van der Waals surface area contributed by atoms with Gasteiger partial charge < -0.3 is 49.8 Å². The Morgan fingerprint density at radius 3 is 2.60 bits per heavy atom. The number of hydrogen-bond acceptors (Lipinski definition) is 12. The molecule has 1 amide bonds. The molecule has 4 N–H and O–H groups in total. The number of rotatable bonds is 16. The first-order valence-corrected chi connectivity index (χ1v) is 17.6. The molecule has 0 radical (unpaired) electrons. The van der Waals surface area contributed by atoms with E-state index in [0.29, 0.717) is 90.9 Å². The van der Waals surface area contributed by atoms with E-state index in [9.17, 15) is 15.2 Å². The maximum absolute atomic E-state index is 11.9. The summed E-state index contributed by atoms with van der Waals surface area (Å²) in [7, 11) is 0. The molecule has 268 valence electrons. The van der Waals surface area contributed by atoms with Crippen LogP contribution in [0.25, 0.3) is 10.8 Å². The van der Waals surface area contributed by atoms with Crippen molar-refractivity contribution in [3.63, 3.8) is 0 Å². The topological polar surface area (TPSA) is 172 Å². The molecule has 50 heavy (non-hydrogen) atoms. The number of amides is 1. The van der Waals surface area contributed by atoms with Gasteiger partial charge in [-0.25, -0.2) is 4.79 Å². The number of ether oxygens (including phenoxy) is 4. The van der Waals surface area contributed by atoms with E-state index in [1.165, 1.54) is 15.7 Å². The number of fused-ring (bicyclic) bond motifs is 2. The molecule has 3 aliphatic rings. The van der Waals surface area contributed by atoms with E-state index in [2.05, 4.69) is 63.7 Å². The van der Waals surface area contributed by atoms with Gasteiger partial charge in [-0.2, -0.15) is 15.2 Å². The minimum absolute atomic E-state index is 0.115. The lowest BCUT2D eigenvalue weighted by Crippen LogP contribution is -2.55. The third kappa shape index (κ3) is 8.90. The molecule has 14 heteroatoms. The van der Waals surface area contributed by atoms with Crippen molar-refractivity contribution in [2.45, 2.75) is 37.9 Å². The number of benzene rings is 2. The summed E-state index contributed by atoms with van der Waals surface area (Å²) in [5.41, 5.74) is 8.53. The molecule has 3 aromatic rings. The first-order valence-electron chi connectivity index (χ1n) is 17.6. The lowest BCUT2D eigenvalue weighted by atomic mass is 10.0. The van der Waals surface area contributed by atoms with Crippen LogP contribution in [0.4, 0.5) is 16.3 Å². The molecule has 3 aliphatic heterocycles. The summed E-state index contributed by atoms with van der Waals surface area (Å²) in [5.74, 6) is 1.14. The Morgan fingerprint density at radius 2 is 1.78 bits per heavy atom. The number of hydrogen-bond donors (Lipinski definition) is 3. The molecule has 4 heterocycles. The molecule has 2 fully saturated rings. The third-order valence-corrected chi connectivity index (χ3v) is 9.57. The van der Waals surface area contributed by atoms with Crippen LogP contribution < -0.4 is 25.6 Å². The van der Waals surface area contributed by atoms with Crippen molar-refractivity contribution < 1.29 is 28.8 Å². The summed E-state index contributed by atoms with van der Waals surface area (Å²) < 4.78 is 23.0. The maximum Gasteiger partial charge on any atom is 0.407 e. The maximum atomic E-state index is 11.9. The van der Waals surface area contributed by atoms with E-state index in [0.717, 1.165) is 48.7 Å². The fourth-order valence-corrected chi connectivity index (χ4v) is 7.09. The van der Waals surface area contributed by atoms with Gasteiger partial charge in [-0.15, -0.1) is 0 Å². The van der Waals surface area contributed by atoms with E-state index >= 15 is 0 Å². The Hall–Kier alpha value is -4.26. The van der Waals surface area contributed by atoms with Gasteiger partial charge in [0.2, 0.25) is 0 Å². The van der Waals surface area contributed by atoms with Gasteiger partial charge in [0.1, 0.15) is 12.4 Å². The summed E-state index contributed by atoms with van der Waals surface area (Å²) in [6, 6.07) is 16.9. The molecule has 2 aromatic carbocycles. The van der Waals surface area contributed by atoms with Gasteiger partial charge >= 0.3 is 12.1 Å². The number of nitrogens with two attached hydrogens (primary N) is 1. The molecular weight excluding hydrogens is 640 g/mol. The lowest BCUT2D eigenvalue weighted by Gasteiger charge is -2.41. The van der Waals surface area contributed by atoms with Gasteiger partial charge in [-0.05, 0) is 30.2 Å².